The molecule has 1 amide bonds. The lowest BCUT2D eigenvalue weighted by Gasteiger charge is -2.12. The number of rotatable bonds is 5. The van der Waals surface area contributed by atoms with Crippen molar-refractivity contribution in [2.45, 2.75) is 0 Å². The molecule has 96 valence electrons. The van der Waals surface area contributed by atoms with Crippen LogP contribution >= 0.6 is 0 Å². The molecule has 0 aromatic heterocycles. The molecule has 2 N–H and O–H groups in total. The van der Waals surface area contributed by atoms with Crippen LogP contribution in [-0.2, 0) is 4.79 Å². The summed E-state index contributed by atoms with van der Waals surface area (Å²) in [6, 6.07) is 6.25. The third kappa shape index (κ3) is 3.67. The molecule has 0 fully saturated rings. The molecule has 18 heavy (non-hydrogen) atoms. The summed E-state index contributed by atoms with van der Waals surface area (Å²) in [5.74, 6) is -0.237. The van der Waals surface area contributed by atoms with E-state index in [1.807, 2.05) is 0 Å². The van der Waals surface area contributed by atoms with E-state index in [1.54, 1.807) is 25.2 Å². The van der Waals surface area contributed by atoms with Gasteiger partial charge in [0.05, 0.1) is 10.5 Å². The molecule has 1 aromatic rings. The van der Waals surface area contributed by atoms with Crippen LogP contribution in [0.5, 0.6) is 0 Å². The summed E-state index contributed by atoms with van der Waals surface area (Å²) in [7, 11) is 1.62. The number of nitro groups is 1. The number of carbonyl (C=O) groups is 1. The Morgan fingerprint density at radius 2 is 2.17 bits per heavy atom. The highest BCUT2D eigenvalue weighted by molar-refractivity contribution is 5.92. The van der Waals surface area contributed by atoms with Crippen molar-refractivity contribution in [1.29, 1.82) is 0 Å². The number of para-hydroxylation sites is 1. The number of amides is 1. The van der Waals surface area contributed by atoms with Gasteiger partial charge in [-0.1, -0.05) is 12.1 Å². The molecule has 0 aliphatic carbocycles. The van der Waals surface area contributed by atoms with Crippen molar-refractivity contribution in [3.8, 4) is 0 Å². The van der Waals surface area contributed by atoms with Crippen molar-refractivity contribution >= 4 is 17.7 Å². The van der Waals surface area contributed by atoms with Gasteiger partial charge in [0, 0.05) is 32.3 Å². The maximum absolute atomic E-state index is 11.6. The predicted molar refractivity (Wildman–Crippen MR) is 68.8 cm³/mol. The molecule has 0 aliphatic rings. The van der Waals surface area contributed by atoms with E-state index in [2.05, 4.69) is 0 Å². The van der Waals surface area contributed by atoms with E-state index in [0.717, 1.165) is 0 Å². The van der Waals surface area contributed by atoms with E-state index in [4.69, 9.17) is 5.73 Å². The second kappa shape index (κ2) is 6.51. The summed E-state index contributed by atoms with van der Waals surface area (Å²) in [6.07, 6.45) is 2.74. The van der Waals surface area contributed by atoms with Crippen LogP contribution in [-0.4, -0.2) is 35.9 Å². The fraction of sp³-hybridized carbons (Fsp3) is 0.250. The first-order chi connectivity index (χ1) is 8.56. The van der Waals surface area contributed by atoms with E-state index in [9.17, 15) is 14.9 Å². The van der Waals surface area contributed by atoms with Gasteiger partial charge in [0.2, 0.25) is 5.91 Å². The predicted octanol–water partition coefficient (Wildman–Crippen LogP) is 1.03. The van der Waals surface area contributed by atoms with Gasteiger partial charge in [0.1, 0.15) is 0 Å². The summed E-state index contributed by atoms with van der Waals surface area (Å²) in [5.41, 5.74) is 5.71. The molecular formula is C12H15N3O3. The van der Waals surface area contributed by atoms with Crippen LogP contribution in [0, 0.1) is 10.1 Å². The molecular weight excluding hydrogens is 234 g/mol. The Morgan fingerprint density at radius 1 is 1.50 bits per heavy atom. The largest absolute Gasteiger partial charge is 0.341 e. The molecule has 0 unspecified atom stereocenters. The first-order valence-corrected chi connectivity index (χ1v) is 5.43. The van der Waals surface area contributed by atoms with Crippen LogP contribution in [0.1, 0.15) is 5.56 Å². The van der Waals surface area contributed by atoms with E-state index >= 15 is 0 Å². The van der Waals surface area contributed by atoms with Crippen LogP contribution in [0.2, 0.25) is 0 Å². The number of nitrogens with zero attached hydrogens (tertiary/aromatic N) is 2. The van der Waals surface area contributed by atoms with E-state index in [0.29, 0.717) is 18.7 Å². The summed E-state index contributed by atoms with van der Waals surface area (Å²) in [6.45, 7) is 0.821. The number of likely N-dealkylation sites (N-methyl/N-ethyl adjacent to an activating group) is 1. The first-order valence-electron chi connectivity index (χ1n) is 5.43. The van der Waals surface area contributed by atoms with Crippen LogP contribution < -0.4 is 5.73 Å². The standard InChI is InChI=1S/C12H15N3O3/c1-14(9-8-13)12(16)7-6-10-4-2-3-5-11(10)15(17)18/h2-7H,8-9,13H2,1H3/b7-6+. The fourth-order valence-corrected chi connectivity index (χ4v) is 1.39. The highest BCUT2D eigenvalue weighted by Gasteiger charge is 2.10. The third-order valence-corrected chi connectivity index (χ3v) is 2.38. The number of hydrogen-bond donors (Lipinski definition) is 1. The van der Waals surface area contributed by atoms with Gasteiger partial charge < -0.3 is 10.6 Å². The summed E-state index contributed by atoms with van der Waals surface area (Å²) >= 11 is 0. The monoisotopic (exact) mass is 249 g/mol. The molecule has 0 aliphatic heterocycles. The van der Waals surface area contributed by atoms with Gasteiger partial charge in [0.15, 0.2) is 0 Å². The van der Waals surface area contributed by atoms with Crippen LogP contribution in [0.15, 0.2) is 30.3 Å². The SMILES string of the molecule is CN(CCN)C(=O)/C=C/c1ccccc1[N+](=O)[O-]. The minimum absolute atomic E-state index is 0.0250. The Kier molecular flexibility index (Phi) is 5.01. The highest BCUT2D eigenvalue weighted by atomic mass is 16.6. The minimum atomic E-state index is -0.478. The van der Waals surface area contributed by atoms with Crippen molar-refractivity contribution in [1.82, 2.24) is 4.90 Å². The van der Waals surface area contributed by atoms with E-state index in [-0.39, 0.29) is 11.6 Å². The Labute approximate surface area is 105 Å². The van der Waals surface area contributed by atoms with Gasteiger partial charge in [0.25, 0.3) is 5.69 Å². The Hall–Kier alpha value is -2.21. The molecule has 0 radical (unpaired) electrons. The lowest BCUT2D eigenvalue weighted by Crippen LogP contribution is -2.30. The van der Waals surface area contributed by atoms with Crippen molar-refractivity contribution < 1.29 is 9.72 Å². The normalized spacial score (nSPS) is 10.6. The van der Waals surface area contributed by atoms with Gasteiger partial charge >= 0.3 is 0 Å². The number of benzene rings is 1. The number of nitro benzene ring substituents is 1. The number of hydrogen-bond acceptors (Lipinski definition) is 4. The van der Waals surface area contributed by atoms with Crippen LogP contribution in [0.4, 0.5) is 5.69 Å². The molecule has 6 nitrogen and oxygen atoms in total. The molecule has 0 spiro atoms. The van der Waals surface area contributed by atoms with Gasteiger partial charge in [-0.3, -0.25) is 14.9 Å². The lowest BCUT2D eigenvalue weighted by molar-refractivity contribution is -0.385. The zero-order chi connectivity index (χ0) is 13.5. The minimum Gasteiger partial charge on any atom is -0.341 e. The quantitative estimate of drug-likeness (QED) is 0.479. The van der Waals surface area contributed by atoms with Crippen LogP contribution in [0.3, 0.4) is 0 Å². The summed E-state index contributed by atoms with van der Waals surface area (Å²) in [5, 5.41) is 10.8. The molecule has 0 heterocycles. The molecule has 0 saturated heterocycles. The zero-order valence-corrected chi connectivity index (χ0v) is 10.1. The maximum atomic E-state index is 11.6. The van der Waals surface area contributed by atoms with E-state index in [1.165, 1.54) is 23.1 Å². The van der Waals surface area contributed by atoms with Gasteiger partial charge in [-0.25, -0.2) is 0 Å². The average molecular weight is 249 g/mol. The first kappa shape index (κ1) is 13.9. The van der Waals surface area contributed by atoms with Crippen molar-refractivity contribution in [3.05, 3.63) is 46.0 Å². The second-order valence-electron chi connectivity index (χ2n) is 3.70. The van der Waals surface area contributed by atoms with Crippen LogP contribution in [0.25, 0.3) is 6.08 Å². The smallest absolute Gasteiger partial charge is 0.276 e. The zero-order valence-electron chi connectivity index (χ0n) is 10.1. The van der Waals surface area contributed by atoms with Crippen molar-refractivity contribution in [3.63, 3.8) is 0 Å². The van der Waals surface area contributed by atoms with Gasteiger partial charge in [-0.2, -0.15) is 0 Å². The summed E-state index contributed by atoms with van der Waals surface area (Å²) < 4.78 is 0. The third-order valence-electron chi connectivity index (χ3n) is 2.38. The molecule has 1 aromatic carbocycles. The lowest BCUT2D eigenvalue weighted by atomic mass is 10.1. The van der Waals surface area contributed by atoms with E-state index < -0.39 is 4.92 Å². The second-order valence-corrected chi connectivity index (χ2v) is 3.70. The molecule has 6 heteroatoms. The van der Waals surface area contributed by atoms with Crippen molar-refractivity contribution in [2.24, 2.45) is 5.73 Å². The fourth-order valence-electron chi connectivity index (χ4n) is 1.39. The highest BCUT2D eigenvalue weighted by Crippen LogP contribution is 2.18. The maximum Gasteiger partial charge on any atom is 0.276 e. The van der Waals surface area contributed by atoms with Gasteiger partial charge in [-0.05, 0) is 12.1 Å². The molecule has 0 saturated carbocycles. The average Bonchev–Trinajstić information content (AvgIpc) is 2.36. The Bertz CT molecular complexity index is 471. The topological polar surface area (TPSA) is 89.5 Å². The number of nitrogens with two attached hydrogens (primary N) is 1. The summed E-state index contributed by atoms with van der Waals surface area (Å²) in [4.78, 5) is 23.3. The Morgan fingerprint density at radius 3 is 2.78 bits per heavy atom. The molecule has 1 rings (SSSR count). The number of carbonyl (C=O) groups excluding carboxylic acids is 1. The molecule has 0 atom stereocenters. The van der Waals surface area contributed by atoms with Gasteiger partial charge in [-0.15, -0.1) is 0 Å². The molecule has 0 bridgehead atoms. The Balaban J connectivity index is 2.84. The van der Waals surface area contributed by atoms with Crippen molar-refractivity contribution in [2.75, 3.05) is 20.1 Å².